The van der Waals surface area contributed by atoms with Crippen molar-refractivity contribution in [2.45, 2.75) is 12.3 Å². The highest BCUT2D eigenvalue weighted by atomic mass is 35.5. The van der Waals surface area contributed by atoms with E-state index in [2.05, 4.69) is 4.74 Å². The Morgan fingerprint density at radius 1 is 1.40 bits per heavy atom. The van der Waals surface area contributed by atoms with Crippen LogP contribution in [0.1, 0.15) is 12.5 Å². The van der Waals surface area contributed by atoms with Gasteiger partial charge in [0.25, 0.3) is 0 Å². The van der Waals surface area contributed by atoms with Crippen molar-refractivity contribution in [3.05, 3.63) is 34.9 Å². The number of ether oxygens (including phenoxy) is 1. The first kappa shape index (κ1) is 11.7. The van der Waals surface area contributed by atoms with Gasteiger partial charge in [-0.3, -0.25) is 4.79 Å². The first-order valence-corrected chi connectivity index (χ1v) is 4.73. The minimum absolute atomic E-state index is 0.553. The molecule has 80 valence electrons. The number of carbonyl (C=O) groups is 2. The topological polar surface area (TPSA) is 43.4 Å². The number of esters is 1. The lowest BCUT2D eigenvalue weighted by molar-refractivity contribution is -0.148. The van der Waals surface area contributed by atoms with E-state index in [-0.39, 0.29) is 0 Å². The van der Waals surface area contributed by atoms with Gasteiger partial charge in [-0.25, -0.2) is 0 Å². The third-order valence-electron chi connectivity index (χ3n) is 2.29. The lowest BCUT2D eigenvalue weighted by Crippen LogP contribution is -2.35. The second kappa shape index (κ2) is 4.45. The molecule has 1 atom stereocenters. The smallest absolute Gasteiger partial charge is 0.323 e. The molecule has 1 aromatic carbocycles. The van der Waals surface area contributed by atoms with Gasteiger partial charge in [0, 0.05) is 5.02 Å². The number of carbonyl (C=O) groups excluding carboxylic acids is 2. The van der Waals surface area contributed by atoms with E-state index < -0.39 is 11.4 Å². The van der Waals surface area contributed by atoms with Gasteiger partial charge in [0.2, 0.25) is 0 Å². The van der Waals surface area contributed by atoms with Crippen molar-refractivity contribution in [1.82, 2.24) is 0 Å². The molecule has 0 radical (unpaired) electrons. The quantitative estimate of drug-likeness (QED) is 0.450. The van der Waals surface area contributed by atoms with Crippen molar-refractivity contribution < 1.29 is 14.3 Å². The maximum Gasteiger partial charge on any atom is 0.323 e. The lowest BCUT2D eigenvalue weighted by atomic mass is 9.84. The Bertz CT molecular complexity index is 372. The monoisotopic (exact) mass is 226 g/mol. The molecule has 0 aliphatic heterocycles. The largest absolute Gasteiger partial charge is 0.468 e. The predicted octanol–water partition coefficient (Wildman–Crippen LogP) is 1.97. The first-order chi connectivity index (χ1) is 7.04. The van der Waals surface area contributed by atoms with E-state index in [1.54, 1.807) is 24.3 Å². The number of hydrogen-bond donors (Lipinski definition) is 0. The van der Waals surface area contributed by atoms with Gasteiger partial charge in [-0.2, -0.15) is 0 Å². The third-order valence-corrected chi connectivity index (χ3v) is 2.54. The average molecular weight is 227 g/mol. The predicted molar refractivity (Wildman–Crippen MR) is 56.9 cm³/mol. The molecule has 0 aliphatic carbocycles. The number of methoxy groups -OCH3 is 1. The number of benzene rings is 1. The summed E-state index contributed by atoms with van der Waals surface area (Å²) in [5, 5.41) is 0.553. The summed E-state index contributed by atoms with van der Waals surface area (Å²) in [6.07, 6.45) is 0.571. The lowest BCUT2D eigenvalue weighted by Gasteiger charge is -2.20. The van der Waals surface area contributed by atoms with Crippen LogP contribution >= 0.6 is 11.6 Å². The maximum absolute atomic E-state index is 11.5. The van der Waals surface area contributed by atoms with Gasteiger partial charge in [-0.15, -0.1) is 0 Å². The molecule has 0 saturated heterocycles. The minimum atomic E-state index is -1.26. The SMILES string of the molecule is COC(=O)[C@@](C)(C=O)c1ccc(Cl)cc1. The number of hydrogen-bond acceptors (Lipinski definition) is 3. The molecule has 0 saturated carbocycles. The highest BCUT2D eigenvalue weighted by molar-refractivity contribution is 6.30. The Morgan fingerprint density at radius 3 is 2.33 bits per heavy atom. The molecule has 0 fully saturated rings. The molecule has 0 aliphatic rings. The van der Waals surface area contributed by atoms with Gasteiger partial charge in [-0.05, 0) is 24.6 Å². The normalized spacial score (nSPS) is 14.1. The molecule has 0 bridgehead atoms. The van der Waals surface area contributed by atoms with E-state index >= 15 is 0 Å². The fraction of sp³-hybridized carbons (Fsp3) is 0.273. The van der Waals surface area contributed by atoms with Gasteiger partial charge in [0.15, 0.2) is 0 Å². The molecule has 0 N–H and O–H groups in total. The maximum atomic E-state index is 11.5. The van der Waals surface area contributed by atoms with E-state index in [1.807, 2.05) is 0 Å². The minimum Gasteiger partial charge on any atom is -0.468 e. The second-order valence-electron chi connectivity index (χ2n) is 3.32. The van der Waals surface area contributed by atoms with Crippen LogP contribution in [-0.2, 0) is 19.7 Å². The molecule has 15 heavy (non-hydrogen) atoms. The molecule has 0 spiro atoms. The summed E-state index contributed by atoms with van der Waals surface area (Å²) in [7, 11) is 1.25. The second-order valence-corrected chi connectivity index (χ2v) is 3.76. The van der Waals surface area contributed by atoms with Crippen LogP contribution in [0.25, 0.3) is 0 Å². The van der Waals surface area contributed by atoms with Gasteiger partial charge in [0.05, 0.1) is 7.11 Å². The zero-order chi connectivity index (χ0) is 11.5. The van der Waals surface area contributed by atoms with Crippen molar-refractivity contribution in [3.8, 4) is 0 Å². The van der Waals surface area contributed by atoms with Gasteiger partial charge < -0.3 is 9.53 Å². The van der Waals surface area contributed by atoms with E-state index in [1.165, 1.54) is 14.0 Å². The van der Waals surface area contributed by atoms with Crippen LogP contribution in [0.4, 0.5) is 0 Å². The van der Waals surface area contributed by atoms with E-state index in [0.29, 0.717) is 16.9 Å². The van der Waals surface area contributed by atoms with Crippen molar-refractivity contribution in [3.63, 3.8) is 0 Å². The number of rotatable bonds is 3. The molecule has 0 unspecified atom stereocenters. The van der Waals surface area contributed by atoms with Crippen LogP contribution < -0.4 is 0 Å². The molecule has 1 rings (SSSR count). The summed E-state index contributed by atoms with van der Waals surface area (Å²) < 4.78 is 4.59. The number of halogens is 1. The fourth-order valence-electron chi connectivity index (χ4n) is 1.24. The van der Waals surface area contributed by atoms with Crippen LogP contribution in [0.5, 0.6) is 0 Å². The molecule has 1 aromatic rings. The highest BCUT2D eigenvalue weighted by Crippen LogP contribution is 2.24. The van der Waals surface area contributed by atoms with Gasteiger partial charge >= 0.3 is 5.97 Å². The molecule has 0 amide bonds. The van der Waals surface area contributed by atoms with Crippen molar-refractivity contribution in [2.24, 2.45) is 0 Å². The first-order valence-electron chi connectivity index (χ1n) is 4.35. The van der Waals surface area contributed by atoms with Crippen LogP contribution in [-0.4, -0.2) is 19.4 Å². The van der Waals surface area contributed by atoms with Crippen molar-refractivity contribution >= 4 is 23.9 Å². The zero-order valence-corrected chi connectivity index (χ0v) is 9.25. The molecule has 0 heterocycles. The van der Waals surface area contributed by atoms with E-state index in [4.69, 9.17) is 11.6 Å². The Balaban J connectivity index is 3.17. The molecule has 0 aromatic heterocycles. The standard InChI is InChI=1S/C11H11ClO3/c1-11(7-13,10(14)15-2)8-3-5-9(12)6-4-8/h3-7H,1-2H3/t11-/m0/s1. The Hall–Kier alpha value is -1.35. The highest BCUT2D eigenvalue weighted by Gasteiger charge is 2.36. The van der Waals surface area contributed by atoms with Crippen LogP contribution in [0, 0.1) is 0 Å². The third kappa shape index (κ3) is 2.18. The summed E-state index contributed by atoms with van der Waals surface area (Å²) in [5.74, 6) is -0.583. The van der Waals surface area contributed by atoms with E-state index in [9.17, 15) is 9.59 Å². The summed E-state index contributed by atoms with van der Waals surface area (Å²) in [4.78, 5) is 22.4. The summed E-state index contributed by atoms with van der Waals surface area (Å²) in [5.41, 5.74) is -0.701. The average Bonchev–Trinajstić information content (AvgIpc) is 2.27. The zero-order valence-electron chi connectivity index (χ0n) is 8.49. The Morgan fingerprint density at radius 2 is 1.93 bits per heavy atom. The summed E-state index contributed by atoms with van der Waals surface area (Å²) >= 11 is 5.71. The summed E-state index contributed by atoms with van der Waals surface area (Å²) in [6.45, 7) is 1.51. The Kier molecular flexibility index (Phi) is 3.48. The Labute approximate surface area is 93.0 Å². The molecular weight excluding hydrogens is 216 g/mol. The van der Waals surface area contributed by atoms with Crippen LogP contribution in [0.3, 0.4) is 0 Å². The molecule has 3 nitrogen and oxygen atoms in total. The van der Waals surface area contributed by atoms with E-state index in [0.717, 1.165) is 0 Å². The van der Waals surface area contributed by atoms with Crippen LogP contribution in [0.15, 0.2) is 24.3 Å². The number of aldehydes is 1. The molecular formula is C11H11ClO3. The fourth-order valence-corrected chi connectivity index (χ4v) is 1.37. The van der Waals surface area contributed by atoms with Crippen molar-refractivity contribution in [2.75, 3.05) is 7.11 Å². The van der Waals surface area contributed by atoms with Crippen LogP contribution in [0.2, 0.25) is 5.02 Å². The van der Waals surface area contributed by atoms with Gasteiger partial charge in [0.1, 0.15) is 11.7 Å². The van der Waals surface area contributed by atoms with Crippen molar-refractivity contribution in [1.29, 1.82) is 0 Å². The summed E-state index contributed by atoms with van der Waals surface area (Å²) in [6, 6.07) is 6.52. The van der Waals surface area contributed by atoms with Gasteiger partial charge in [-0.1, -0.05) is 23.7 Å². The molecule has 4 heteroatoms.